The van der Waals surface area contributed by atoms with Crippen LogP contribution in [-0.4, -0.2) is 76.5 Å². The number of aliphatic hydroxyl groups excluding tert-OH is 3. The van der Waals surface area contributed by atoms with Crippen molar-refractivity contribution in [3.05, 3.63) is 37.6 Å². The largest absolute Gasteiger partial charge is 0.487 e. The molecule has 0 rings (SSSR count). The molecule has 0 unspecified atom stereocenters. The van der Waals surface area contributed by atoms with Crippen molar-refractivity contribution in [3.63, 3.8) is 0 Å². The van der Waals surface area contributed by atoms with Crippen molar-refractivity contribution in [2.24, 2.45) is 0 Å². The van der Waals surface area contributed by atoms with Gasteiger partial charge in [-0.2, -0.15) is 0 Å². The molecule has 0 saturated heterocycles. The maximum absolute atomic E-state index is 10.1. The van der Waals surface area contributed by atoms with Gasteiger partial charge < -0.3 is 35.4 Å². The van der Waals surface area contributed by atoms with Crippen LogP contribution in [0, 0.1) is 0 Å². The van der Waals surface area contributed by atoms with Crippen LogP contribution in [0.5, 0.6) is 0 Å². The Morgan fingerprint density at radius 3 is 1.30 bits per heavy atom. The third kappa shape index (κ3) is 82.8. The molecule has 10 heteroatoms. The van der Waals surface area contributed by atoms with Crippen molar-refractivity contribution in [3.8, 4) is 0 Å². The summed E-state index contributed by atoms with van der Waals surface area (Å²) in [6.45, 7) is 11.7. The number of hydrogen-bond acceptors (Lipinski definition) is 7. The van der Waals surface area contributed by atoms with Crippen LogP contribution in [0.15, 0.2) is 37.6 Å². The average molecular weight is 398 g/mol. The van der Waals surface area contributed by atoms with E-state index in [9.17, 15) is 14.4 Å². The van der Waals surface area contributed by atoms with Gasteiger partial charge in [0.1, 0.15) is 0 Å². The summed E-state index contributed by atoms with van der Waals surface area (Å²) in [4.78, 5) is 28.6. The van der Waals surface area contributed by atoms with E-state index in [1.54, 1.807) is 0 Å². The summed E-state index contributed by atoms with van der Waals surface area (Å²) in [5, 5.41) is 44.5. The van der Waals surface area contributed by atoms with Crippen LogP contribution in [0.2, 0.25) is 0 Å². The van der Waals surface area contributed by atoms with Crippen molar-refractivity contribution in [2.75, 3.05) is 27.9 Å². The van der Waals surface area contributed by atoms with Gasteiger partial charge in [-0.3, -0.25) is 0 Å². The second kappa shape index (κ2) is 43.6. The van der Waals surface area contributed by atoms with Gasteiger partial charge in [0.25, 0.3) is 0 Å². The Morgan fingerprint density at radius 1 is 0.815 bits per heavy atom. The van der Waals surface area contributed by atoms with Crippen molar-refractivity contribution in [2.45, 2.75) is 26.2 Å². The van der Waals surface area contributed by atoms with E-state index in [0.29, 0.717) is 6.61 Å². The lowest BCUT2D eigenvalue weighted by Gasteiger charge is -2.03. The Bertz CT molecular complexity index is 347. The number of carbonyl (C=O) groups is 3. The molecule has 6 N–H and O–H groups in total. The first kappa shape index (κ1) is 39.4. The van der Waals surface area contributed by atoms with E-state index in [4.69, 9.17) is 35.4 Å². The van der Waals surface area contributed by atoms with Crippen LogP contribution >= 0.6 is 0 Å². The van der Waals surface area contributed by atoms with Crippen molar-refractivity contribution >= 4 is 17.9 Å². The predicted octanol–water partition coefficient (Wildman–Crippen LogP) is 1.13. The van der Waals surface area contributed by atoms with Crippen LogP contribution in [0.1, 0.15) is 26.2 Å². The summed E-state index contributed by atoms with van der Waals surface area (Å²) in [6, 6.07) is 0. The minimum absolute atomic E-state index is 0.166. The van der Waals surface area contributed by atoms with E-state index < -0.39 is 17.9 Å². The maximum Gasteiger partial charge on any atom is 0.370 e. The third-order valence-corrected chi connectivity index (χ3v) is 1.61. The highest BCUT2D eigenvalue weighted by Crippen LogP contribution is 1.98. The van der Waals surface area contributed by atoms with E-state index in [-0.39, 0.29) is 5.76 Å². The molecule has 0 aliphatic rings. The van der Waals surface area contributed by atoms with Gasteiger partial charge in [0, 0.05) is 33.5 Å². The van der Waals surface area contributed by atoms with Gasteiger partial charge in [-0.15, -0.1) is 0 Å². The van der Waals surface area contributed by atoms with Gasteiger partial charge in [-0.05, 0) is 13.0 Å². The fraction of sp³-hybridized carbons (Fsp3) is 0.471. The summed E-state index contributed by atoms with van der Waals surface area (Å²) < 4.78 is 4.81. The summed E-state index contributed by atoms with van der Waals surface area (Å²) in [7, 11) is 3.00. The Morgan fingerprint density at radius 2 is 1.11 bits per heavy atom. The Kier molecular flexibility index (Phi) is 63.6. The summed E-state index contributed by atoms with van der Waals surface area (Å²) in [5.41, 5.74) is 0. The predicted molar refractivity (Wildman–Crippen MR) is 102 cm³/mol. The molecule has 0 heterocycles. The number of carboxylic acids is 3. The van der Waals surface area contributed by atoms with Gasteiger partial charge in [-0.25, -0.2) is 14.4 Å². The molecule has 0 aliphatic carbocycles. The zero-order chi connectivity index (χ0) is 23.3. The van der Waals surface area contributed by atoms with Gasteiger partial charge in [0.2, 0.25) is 0 Å². The molecule has 0 bridgehead atoms. The molecule has 0 aliphatic heterocycles. The van der Waals surface area contributed by atoms with Crippen LogP contribution in [0.4, 0.5) is 0 Å². The van der Waals surface area contributed by atoms with E-state index in [1.165, 1.54) is 0 Å². The van der Waals surface area contributed by atoms with Crippen LogP contribution in [0.3, 0.4) is 0 Å². The number of aliphatic hydroxyl groups is 3. The first-order valence-electron chi connectivity index (χ1n) is 7.32. The molecule has 0 saturated carbocycles. The van der Waals surface area contributed by atoms with Crippen molar-refractivity contribution in [1.29, 1.82) is 0 Å². The van der Waals surface area contributed by atoms with Crippen LogP contribution in [-0.2, 0) is 19.1 Å². The highest BCUT2D eigenvalue weighted by atomic mass is 16.5. The van der Waals surface area contributed by atoms with Crippen LogP contribution in [0.25, 0.3) is 0 Å². The highest BCUT2D eigenvalue weighted by molar-refractivity contribution is 5.83. The molecular weight excluding hydrogens is 364 g/mol. The minimum Gasteiger partial charge on any atom is -0.487 e. The van der Waals surface area contributed by atoms with Gasteiger partial charge in [0.05, 0.1) is 6.61 Å². The van der Waals surface area contributed by atoms with Gasteiger partial charge in [0.15, 0.2) is 5.76 Å². The molecule has 27 heavy (non-hydrogen) atoms. The molecule has 0 radical (unpaired) electrons. The monoisotopic (exact) mass is 398 g/mol. The second-order valence-electron chi connectivity index (χ2n) is 3.37. The van der Waals surface area contributed by atoms with Crippen molar-refractivity contribution in [1.82, 2.24) is 0 Å². The lowest BCUT2D eigenvalue weighted by Crippen LogP contribution is -2.04. The molecule has 0 spiro atoms. The lowest BCUT2D eigenvalue weighted by atomic mass is 10.3. The molecule has 0 aromatic carbocycles. The lowest BCUT2D eigenvalue weighted by molar-refractivity contribution is -0.136. The summed E-state index contributed by atoms with van der Waals surface area (Å²) in [5.74, 6) is -3.21. The smallest absolute Gasteiger partial charge is 0.370 e. The minimum atomic E-state index is -1.08. The van der Waals surface area contributed by atoms with E-state index in [1.807, 2.05) is 0 Å². The molecule has 0 atom stereocenters. The Balaban J connectivity index is -0.0000000582. The summed E-state index contributed by atoms with van der Waals surface area (Å²) >= 11 is 0. The van der Waals surface area contributed by atoms with E-state index in [0.717, 1.165) is 52.7 Å². The zero-order valence-corrected chi connectivity index (χ0v) is 16.4. The topological polar surface area (TPSA) is 182 Å². The first-order valence-corrected chi connectivity index (χ1v) is 7.32. The Hall–Kier alpha value is -2.69. The number of rotatable bonds is 8. The molecular formula is C17H34O10. The number of carboxylic acid groups (broad SMARTS) is 3. The van der Waals surface area contributed by atoms with E-state index in [2.05, 4.69) is 26.7 Å². The van der Waals surface area contributed by atoms with Gasteiger partial charge >= 0.3 is 17.9 Å². The molecule has 0 amide bonds. The fourth-order valence-electron chi connectivity index (χ4n) is 0.609. The van der Waals surface area contributed by atoms with Crippen LogP contribution < -0.4 is 0 Å². The quantitative estimate of drug-likeness (QED) is 0.197. The molecule has 0 aromatic heterocycles. The molecule has 10 nitrogen and oxygen atoms in total. The summed E-state index contributed by atoms with van der Waals surface area (Å²) in [6.07, 6.45) is 4.72. The number of unbranched alkanes of at least 4 members (excludes halogenated alkanes) is 2. The normalized spacial score (nSPS) is 6.78. The number of ether oxygens (including phenoxy) is 1. The SMILES string of the molecule is C=C(OCCCCC)C(=O)O.C=CC(=O)O.C=CC(=O)O.CO.CO.CO. The Labute approximate surface area is 160 Å². The average Bonchev–Trinajstić information content (AvgIpc) is 2.70. The fourth-order valence-corrected chi connectivity index (χ4v) is 0.609. The number of aliphatic carboxylic acids is 3. The molecule has 0 aromatic rings. The standard InChI is InChI=1S/C8H14O3.2C3H4O2.3CH4O/c1-3-4-5-6-11-7(2)8(9)10;2*1-2-3(4)5;3*1-2/h2-6H2,1H3,(H,9,10);2*2H,1H2,(H,4,5);3*2H,1H3. The molecule has 0 fully saturated rings. The number of hydrogen-bond donors (Lipinski definition) is 6. The third-order valence-electron chi connectivity index (χ3n) is 1.61. The first-order chi connectivity index (χ1) is 12.7. The van der Waals surface area contributed by atoms with E-state index >= 15 is 0 Å². The second-order valence-corrected chi connectivity index (χ2v) is 3.37. The van der Waals surface area contributed by atoms with Crippen molar-refractivity contribution < 1.29 is 49.8 Å². The zero-order valence-electron chi connectivity index (χ0n) is 16.4. The van der Waals surface area contributed by atoms with Gasteiger partial charge in [-0.1, -0.05) is 32.9 Å². The molecule has 162 valence electrons. The maximum atomic E-state index is 10.1. The highest BCUT2D eigenvalue weighted by Gasteiger charge is 2.02.